The van der Waals surface area contributed by atoms with Gasteiger partial charge in [0.05, 0.1) is 11.5 Å². The van der Waals surface area contributed by atoms with E-state index >= 15 is 0 Å². The van der Waals surface area contributed by atoms with E-state index in [0.29, 0.717) is 0 Å². The quantitative estimate of drug-likeness (QED) is 0.628. The normalized spacial score (nSPS) is 13.3. The summed E-state index contributed by atoms with van der Waals surface area (Å²) in [6, 6.07) is 0. The Morgan fingerprint density at radius 3 is 2.53 bits per heavy atom. The van der Waals surface area contributed by atoms with E-state index in [1.54, 1.807) is 12.2 Å². The van der Waals surface area contributed by atoms with Gasteiger partial charge in [-0.2, -0.15) is 0 Å². The van der Waals surface area contributed by atoms with Crippen molar-refractivity contribution in [2.24, 2.45) is 0 Å². The summed E-state index contributed by atoms with van der Waals surface area (Å²) in [4.78, 5) is 0. The molecule has 0 fully saturated rings. The van der Waals surface area contributed by atoms with Crippen molar-refractivity contribution in [3.63, 3.8) is 0 Å². The summed E-state index contributed by atoms with van der Waals surface area (Å²) in [5.74, 6) is 0.366. The summed E-state index contributed by atoms with van der Waals surface area (Å²) in [5, 5.41) is 0. The van der Waals surface area contributed by atoms with Gasteiger partial charge in [-0.05, 0) is 18.9 Å². The van der Waals surface area contributed by atoms with E-state index in [4.69, 9.17) is 0 Å². The van der Waals surface area contributed by atoms with Crippen molar-refractivity contribution in [3.8, 4) is 0 Å². The van der Waals surface area contributed by atoms with Crippen molar-refractivity contribution in [1.82, 2.24) is 0 Å². The molecule has 15 heavy (non-hydrogen) atoms. The Kier molecular flexibility index (Phi) is 7.05. The van der Waals surface area contributed by atoms with Crippen LogP contribution in [0.1, 0.15) is 26.7 Å². The van der Waals surface area contributed by atoms with Crippen LogP contribution >= 0.6 is 0 Å². The van der Waals surface area contributed by atoms with Crippen LogP contribution in [0.25, 0.3) is 0 Å². The lowest BCUT2D eigenvalue weighted by atomic mass is 10.3. The molecule has 0 atom stereocenters. The van der Waals surface area contributed by atoms with Crippen LogP contribution in [0.15, 0.2) is 36.5 Å². The van der Waals surface area contributed by atoms with Crippen molar-refractivity contribution in [2.45, 2.75) is 26.7 Å². The maximum atomic E-state index is 11.6. The zero-order valence-corrected chi connectivity index (χ0v) is 10.4. The maximum Gasteiger partial charge on any atom is 0.154 e. The second-order valence-electron chi connectivity index (χ2n) is 3.42. The zero-order valence-electron chi connectivity index (χ0n) is 9.57. The lowest BCUT2D eigenvalue weighted by Gasteiger charge is -2.03. The number of sulfone groups is 1. The summed E-state index contributed by atoms with van der Waals surface area (Å²) < 4.78 is 23.2. The highest BCUT2D eigenvalue weighted by Gasteiger charge is 2.10. The third-order valence-electron chi connectivity index (χ3n) is 1.96. The van der Waals surface area contributed by atoms with Crippen molar-refractivity contribution in [3.05, 3.63) is 36.5 Å². The molecule has 0 radical (unpaired) electrons. The van der Waals surface area contributed by atoms with E-state index in [1.165, 1.54) is 0 Å². The van der Waals surface area contributed by atoms with Gasteiger partial charge < -0.3 is 0 Å². The molecule has 0 rings (SSSR count). The van der Waals surface area contributed by atoms with E-state index in [9.17, 15) is 8.42 Å². The zero-order chi connectivity index (χ0) is 11.7. The Bertz CT molecular complexity index is 335. The first-order chi connectivity index (χ1) is 7.05. The number of hydrogen-bond acceptors (Lipinski definition) is 2. The molecule has 3 heteroatoms. The maximum absolute atomic E-state index is 11.6. The number of allylic oxidation sites excluding steroid dienone is 4. The van der Waals surface area contributed by atoms with Gasteiger partial charge in [0.2, 0.25) is 0 Å². The monoisotopic (exact) mass is 228 g/mol. The molecule has 86 valence electrons. The van der Waals surface area contributed by atoms with E-state index in [1.807, 2.05) is 26.0 Å². The van der Waals surface area contributed by atoms with Crippen LogP contribution < -0.4 is 0 Å². The summed E-state index contributed by atoms with van der Waals surface area (Å²) in [6.45, 7) is 7.49. The van der Waals surface area contributed by atoms with Gasteiger partial charge in [0.15, 0.2) is 9.84 Å². The van der Waals surface area contributed by atoms with Gasteiger partial charge in [-0.1, -0.05) is 44.2 Å². The minimum Gasteiger partial charge on any atom is -0.228 e. The van der Waals surface area contributed by atoms with Gasteiger partial charge in [-0.3, -0.25) is 0 Å². The molecule has 0 N–H and O–H groups in total. The van der Waals surface area contributed by atoms with Gasteiger partial charge in [0.1, 0.15) is 0 Å². The molecule has 0 aliphatic rings. The Labute approximate surface area is 93.3 Å². The third-order valence-corrected chi connectivity index (χ3v) is 3.64. The summed E-state index contributed by atoms with van der Waals surface area (Å²) in [7, 11) is -2.96. The minimum absolute atomic E-state index is 0.0981. The fourth-order valence-electron chi connectivity index (χ4n) is 1.09. The van der Waals surface area contributed by atoms with Gasteiger partial charge >= 0.3 is 0 Å². The van der Waals surface area contributed by atoms with Gasteiger partial charge in [0.25, 0.3) is 0 Å². The molecular formula is C12H20O2S. The number of hydrogen-bond donors (Lipinski definition) is 0. The molecule has 0 saturated heterocycles. The fourth-order valence-corrected chi connectivity index (χ4v) is 2.68. The van der Waals surface area contributed by atoms with Crippen LogP contribution in [0.4, 0.5) is 0 Å². The average molecular weight is 228 g/mol. The number of rotatable bonds is 7. The molecule has 0 aliphatic heterocycles. The Morgan fingerprint density at radius 2 is 2.07 bits per heavy atom. The van der Waals surface area contributed by atoms with Crippen LogP contribution in [-0.2, 0) is 9.84 Å². The van der Waals surface area contributed by atoms with Crippen LogP contribution in [0.3, 0.4) is 0 Å². The Balaban J connectivity index is 4.47. The SMILES string of the molecule is C=C/C(=C\C=C/C)CS(=O)(=O)CCCC. The molecule has 0 aromatic heterocycles. The van der Waals surface area contributed by atoms with Crippen molar-refractivity contribution in [2.75, 3.05) is 11.5 Å². The lowest BCUT2D eigenvalue weighted by molar-refractivity contribution is 0.595. The first kappa shape index (κ1) is 14.2. The van der Waals surface area contributed by atoms with Crippen molar-refractivity contribution in [1.29, 1.82) is 0 Å². The molecular weight excluding hydrogens is 208 g/mol. The van der Waals surface area contributed by atoms with Gasteiger partial charge in [-0.25, -0.2) is 8.42 Å². The molecule has 0 aliphatic carbocycles. The standard InChI is InChI=1S/C12H20O2S/c1-4-7-9-12(6-3)11-15(13,14)10-8-5-2/h4,6-7,9H,3,5,8,10-11H2,1-2H3/b7-4-,12-9+. The summed E-state index contributed by atoms with van der Waals surface area (Å²) >= 11 is 0. The van der Waals surface area contributed by atoms with Crippen LogP contribution in [0, 0.1) is 0 Å². The highest BCUT2D eigenvalue weighted by molar-refractivity contribution is 7.91. The second kappa shape index (κ2) is 7.46. The van der Waals surface area contributed by atoms with Crippen LogP contribution in [-0.4, -0.2) is 19.9 Å². The molecule has 0 spiro atoms. The smallest absolute Gasteiger partial charge is 0.154 e. The molecule has 0 unspecified atom stereocenters. The molecule has 2 nitrogen and oxygen atoms in total. The van der Waals surface area contributed by atoms with Crippen LogP contribution in [0.5, 0.6) is 0 Å². The van der Waals surface area contributed by atoms with Crippen LogP contribution in [0.2, 0.25) is 0 Å². The number of unbranched alkanes of at least 4 members (excludes halogenated alkanes) is 1. The predicted octanol–water partition coefficient (Wildman–Crippen LogP) is 2.89. The Morgan fingerprint density at radius 1 is 1.40 bits per heavy atom. The fraction of sp³-hybridized carbons (Fsp3) is 0.500. The summed E-state index contributed by atoms with van der Waals surface area (Å²) in [6.07, 6.45) is 8.71. The largest absolute Gasteiger partial charge is 0.228 e. The topological polar surface area (TPSA) is 34.1 Å². The average Bonchev–Trinajstić information content (AvgIpc) is 2.21. The van der Waals surface area contributed by atoms with E-state index < -0.39 is 9.84 Å². The van der Waals surface area contributed by atoms with E-state index in [2.05, 4.69) is 6.58 Å². The lowest BCUT2D eigenvalue weighted by Crippen LogP contribution is -2.12. The Hall–Kier alpha value is -0.830. The van der Waals surface area contributed by atoms with E-state index in [-0.39, 0.29) is 11.5 Å². The molecule has 0 aromatic carbocycles. The molecule has 0 bridgehead atoms. The molecule has 0 heterocycles. The summed E-state index contributed by atoms with van der Waals surface area (Å²) in [5.41, 5.74) is 0.754. The highest BCUT2D eigenvalue weighted by Crippen LogP contribution is 2.05. The second-order valence-corrected chi connectivity index (χ2v) is 5.60. The minimum atomic E-state index is -2.96. The first-order valence-electron chi connectivity index (χ1n) is 5.20. The highest BCUT2D eigenvalue weighted by atomic mass is 32.2. The molecule has 0 saturated carbocycles. The van der Waals surface area contributed by atoms with Gasteiger partial charge in [0, 0.05) is 0 Å². The molecule has 0 amide bonds. The molecule has 0 aromatic rings. The predicted molar refractivity (Wildman–Crippen MR) is 66.7 cm³/mol. The third kappa shape index (κ3) is 7.14. The van der Waals surface area contributed by atoms with E-state index in [0.717, 1.165) is 18.4 Å². The van der Waals surface area contributed by atoms with Crippen molar-refractivity contribution >= 4 is 9.84 Å². The van der Waals surface area contributed by atoms with Gasteiger partial charge in [-0.15, -0.1) is 0 Å². The first-order valence-corrected chi connectivity index (χ1v) is 7.02. The van der Waals surface area contributed by atoms with Crippen molar-refractivity contribution < 1.29 is 8.42 Å².